The molecule has 4 nitrogen and oxygen atoms in total. The Hall–Kier alpha value is -2.28. The normalized spacial score (nSPS) is 11.2. The molecule has 0 aliphatic carbocycles. The third-order valence-corrected chi connectivity index (χ3v) is 2.86. The van der Waals surface area contributed by atoms with Crippen LogP contribution in [0.4, 0.5) is 18.9 Å². The summed E-state index contributed by atoms with van der Waals surface area (Å²) in [5.74, 6) is -1.13. The van der Waals surface area contributed by atoms with Crippen molar-refractivity contribution in [2.45, 2.75) is 6.18 Å². The van der Waals surface area contributed by atoms with Gasteiger partial charge in [-0.05, 0) is 30.3 Å². The molecule has 1 heterocycles. The molecule has 8 heteroatoms. The van der Waals surface area contributed by atoms with Crippen molar-refractivity contribution in [3.05, 3.63) is 52.8 Å². The van der Waals surface area contributed by atoms with Crippen molar-refractivity contribution < 1.29 is 23.1 Å². The van der Waals surface area contributed by atoms with E-state index < -0.39 is 17.6 Å². The van der Waals surface area contributed by atoms with E-state index >= 15 is 0 Å². The number of nitrogens with zero attached hydrogens (tertiary/aromatic N) is 1. The lowest BCUT2D eigenvalue weighted by molar-refractivity contribution is -0.137. The van der Waals surface area contributed by atoms with E-state index in [0.717, 1.165) is 12.1 Å². The van der Waals surface area contributed by atoms with Crippen molar-refractivity contribution in [1.82, 2.24) is 4.98 Å². The highest BCUT2D eigenvalue weighted by atomic mass is 35.5. The summed E-state index contributed by atoms with van der Waals surface area (Å²) in [6, 6.07) is 5.21. The topological polar surface area (TPSA) is 62.2 Å². The van der Waals surface area contributed by atoms with E-state index in [2.05, 4.69) is 10.3 Å². The van der Waals surface area contributed by atoms with Crippen LogP contribution in [-0.2, 0) is 6.18 Å². The second-order valence-corrected chi connectivity index (χ2v) is 4.42. The highest BCUT2D eigenvalue weighted by Gasteiger charge is 2.31. The molecule has 1 amide bonds. The van der Waals surface area contributed by atoms with Crippen molar-refractivity contribution in [1.29, 1.82) is 0 Å². The van der Waals surface area contributed by atoms with Gasteiger partial charge in [-0.1, -0.05) is 11.6 Å². The Morgan fingerprint density at radius 2 is 2.00 bits per heavy atom. The van der Waals surface area contributed by atoms with Gasteiger partial charge in [0.2, 0.25) is 0 Å². The van der Waals surface area contributed by atoms with Crippen LogP contribution in [0, 0.1) is 0 Å². The number of anilines is 1. The van der Waals surface area contributed by atoms with Crippen LogP contribution >= 0.6 is 11.6 Å². The molecule has 0 aliphatic rings. The van der Waals surface area contributed by atoms with E-state index in [1.54, 1.807) is 0 Å². The Balaban J connectivity index is 2.25. The summed E-state index contributed by atoms with van der Waals surface area (Å²) in [5.41, 5.74) is -1.20. The molecular weight excluding hydrogens is 309 g/mol. The highest BCUT2D eigenvalue weighted by molar-refractivity contribution is 6.34. The first kappa shape index (κ1) is 15.1. The first-order valence-electron chi connectivity index (χ1n) is 5.61. The molecule has 0 atom stereocenters. The van der Waals surface area contributed by atoms with Crippen molar-refractivity contribution >= 4 is 23.2 Å². The van der Waals surface area contributed by atoms with Crippen LogP contribution in [0.5, 0.6) is 5.75 Å². The average Bonchev–Trinajstić information content (AvgIpc) is 2.40. The lowest BCUT2D eigenvalue weighted by Gasteiger charge is -2.11. The van der Waals surface area contributed by atoms with Crippen molar-refractivity contribution in [3.8, 4) is 5.75 Å². The fourth-order valence-electron chi connectivity index (χ4n) is 1.55. The predicted molar refractivity (Wildman–Crippen MR) is 70.3 cm³/mol. The Bertz CT molecular complexity index is 689. The lowest BCUT2D eigenvalue weighted by atomic mass is 10.2. The SMILES string of the molecule is O=C(Nc1ccc(C(F)(F)F)cc1Cl)c1ncccc1O. The summed E-state index contributed by atoms with van der Waals surface area (Å²) >= 11 is 5.71. The molecule has 1 aromatic heterocycles. The minimum Gasteiger partial charge on any atom is -0.505 e. The number of hydrogen-bond donors (Lipinski definition) is 2. The molecule has 2 N–H and O–H groups in total. The first-order valence-corrected chi connectivity index (χ1v) is 5.99. The number of aromatic hydroxyl groups is 1. The van der Waals surface area contributed by atoms with Gasteiger partial charge in [0.15, 0.2) is 5.69 Å². The fraction of sp³-hybridized carbons (Fsp3) is 0.0769. The Labute approximate surface area is 122 Å². The highest BCUT2D eigenvalue weighted by Crippen LogP contribution is 2.34. The van der Waals surface area contributed by atoms with E-state index in [1.165, 1.54) is 18.3 Å². The maximum absolute atomic E-state index is 12.5. The lowest BCUT2D eigenvalue weighted by Crippen LogP contribution is -2.14. The van der Waals surface area contributed by atoms with Crippen molar-refractivity contribution in [3.63, 3.8) is 0 Å². The average molecular weight is 317 g/mol. The number of carbonyl (C=O) groups is 1. The van der Waals surface area contributed by atoms with Gasteiger partial charge in [-0.25, -0.2) is 4.98 Å². The standard InChI is InChI=1S/C13H8ClF3N2O2/c14-8-6-7(13(15,16)17)3-4-9(8)19-12(21)11-10(20)2-1-5-18-11/h1-6,20H,(H,19,21). The molecular formula is C13H8ClF3N2O2. The van der Waals surface area contributed by atoms with Crippen LogP contribution in [0.25, 0.3) is 0 Å². The quantitative estimate of drug-likeness (QED) is 0.887. The van der Waals surface area contributed by atoms with Gasteiger partial charge < -0.3 is 10.4 Å². The zero-order valence-electron chi connectivity index (χ0n) is 10.3. The smallest absolute Gasteiger partial charge is 0.416 e. The number of pyridine rings is 1. The number of alkyl halides is 3. The molecule has 0 fully saturated rings. The number of hydrogen-bond acceptors (Lipinski definition) is 3. The first-order chi connectivity index (χ1) is 9.79. The van der Waals surface area contributed by atoms with Gasteiger partial charge in [-0.2, -0.15) is 13.2 Å². The van der Waals surface area contributed by atoms with Crippen LogP contribution in [0.1, 0.15) is 16.1 Å². The molecule has 21 heavy (non-hydrogen) atoms. The number of carbonyl (C=O) groups excluding carboxylic acids is 1. The van der Waals surface area contributed by atoms with Gasteiger partial charge in [0.25, 0.3) is 5.91 Å². The maximum atomic E-state index is 12.5. The second-order valence-electron chi connectivity index (χ2n) is 4.02. The molecule has 0 saturated carbocycles. The molecule has 0 spiro atoms. The van der Waals surface area contributed by atoms with E-state index in [0.29, 0.717) is 6.07 Å². The van der Waals surface area contributed by atoms with Crippen LogP contribution in [0.15, 0.2) is 36.5 Å². The number of halogens is 4. The molecule has 0 saturated heterocycles. The van der Waals surface area contributed by atoms with E-state index in [1.807, 2.05) is 0 Å². The molecule has 0 bridgehead atoms. The van der Waals surface area contributed by atoms with Gasteiger partial charge in [0.1, 0.15) is 5.75 Å². The summed E-state index contributed by atoms with van der Waals surface area (Å²) < 4.78 is 37.5. The largest absolute Gasteiger partial charge is 0.505 e. The van der Waals surface area contributed by atoms with Gasteiger partial charge in [0, 0.05) is 6.20 Å². The summed E-state index contributed by atoms with van der Waals surface area (Å²) in [6.45, 7) is 0. The number of nitrogens with one attached hydrogen (secondary N) is 1. The van der Waals surface area contributed by atoms with Crippen molar-refractivity contribution in [2.75, 3.05) is 5.32 Å². The van der Waals surface area contributed by atoms with E-state index in [-0.39, 0.29) is 22.2 Å². The van der Waals surface area contributed by atoms with Crippen LogP contribution in [-0.4, -0.2) is 16.0 Å². The summed E-state index contributed by atoms with van der Waals surface area (Å²) in [6.07, 6.45) is -3.23. The Kier molecular flexibility index (Phi) is 4.04. The van der Waals surface area contributed by atoms with Crippen LogP contribution in [0.3, 0.4) is 0 Å². The van der Waals surface area contributed by atoms with Gasteiger partial charge in [-0.3, -0.25) is 4.79 Å². The van der Waals surface area contributed by atoms with E-state index in [4.69, 9.17) is 11.6 Å². The zero-order chi connectivity index (χ0) is 15.6. The Morgan fingerprint density at radius 1 is 1.29 bits per heavy atom. The summed E-state index contributed by atoms with van der Waals surface area (Å²) in [4.78, 5) is 15.5. The molecule has 0 unspecified atom stereocenters. The second kappa shape index (κ2) is 5.61. The third-order valence-electron chi connectivity index (χ3n) is 2.55. The molecule has 1 aromatic carbocycles. The maximum Gasteiger partial charge on any atom is 0.416 e. The third kappa shape index (κ3) is 3.43. The molecule has 0 aliphatic heterocycles. The minimum atomic E-state index is -4.52. The van der Waals surface area contributed by atoms with Gasteiger partial charge in [-0.15, -0.1) is 0 Å². The minimum absolute atomic E-state index is 0.0141. The molecule has 2 rings (SSSR count). The number of benzene rings is 1. The monoisotopic (exact) mass is 316 g/mol. The fourth-order valence-corrected chi connectivity index (χ4v) is 1.77. The molecule has 110 valence electrons. The molecule has 0 radical (unpaired) electrons. The zero-order valence-corrected chi connectivity index (χ0v) is 11.0. The predicted octanol–water partition coefficient (Wildman–Crippen LogP) is 3.71. The summed E-state index contributed by atoms with van der Waals surface area (Å²) in [5, 5.41) is 11.5. The van der Waals surface area contributed by atoms with Gasteiger partial charge in [0.05, 0.1) is 16.3 Å². The number of aromatic nitrogens is 1. The Morgan fingerprint density at radius 3 is 2.57 bits per heavy atom. The van der Waals surface area contributed by atoms with Crippen LogP contribution < -0.4 is 5.32 Å². The number of rotatable bonds is 2. The van der Waals surface area contributed by atoms with Gasteiger partial charge >= 0.3 is 6.18 Å². The van der Waals surface area contributed by atoms with Crippen molar-refractivity contribution in [2.24, 2.45) is 0 Å². The van der Waals surface area contributed by atoms with E-state index in [9.17, 15) is 23.1 Å². The summed E-state index contributed by atoms with van der Waals surface area (Å²) in [7, 11) is 0. The number of amides is 1. The van der Waals surface area contributed by atoms with Crippen LogP contribution in [0.2, 0.25) is 5.02 Å². The molecule has 2 aromatic rings.